The Morgan fingerprint density at radius 2 is 1.86 bits per heavy atom. The molecule has 3 nitrogen and oxygen atoms in total. The summed E-state index contributed by atoms with van der Waals surface area (Å²) < 4.78 is 13.9. The van der Waals surface area contributed by atoms with Crippen LogP contribution in [0.5, 0.6) is 0 Å². The Morgan fingerprint density at radius 3 is 2.64 bits per heavy atom. The molecule has 0 saturated carbocycles. The maximum atomic E-state index is 13.9. The second-order valence-corrected chi connectivity index (χ2v) is 8.46. The van der Waals surface area contributed by atoms with Gasteiger partial charge in [0.15, 0.2) is 0 Å². The van der Waals surface area contributed by atoms with Crippen molar-refractivity contribution in [3.05, 3.63) is 71.0 Å². The van der Waals surface area contributed by atoms with Gasteiger partial charge in [-0.15, -0.1) is 0 Å². The highest BCUT2D eigenvalue weighted by Crippen LogP contribution is 2.37. The van der Waals surface area contributed by atoms with Crippen molar-refractivity contribution in [2.75, 3.05) is 13.1 Å². The van der Waals surface area contributed by atoms with Gasteiger partial charge in [0.25, 0.3) is 0 Å². The number of hydrogen-bond donors (Lipinski definition) is 1. The molecule has 1 amide bonds. The van der Waals surface area contributed by atoms with Gasteiger partial charge in [-0.2, -0.15) is 0 Å². The van der Waals surface area contributed by atoms with E-state index in [1.807, 2.05) is 18.2 Å². The van der Waals surface area contributed by atoms with Gasteiger partial charge in [-0.25, -0.2) is 4.39 Å². The smallest absolute Gasteiger partial charge is 0.230 e. The summed E-state index contributed by atoms with van der Waals surface area (Å²) in [6, 6.07) is 15.6. The average Bonchev–Trinajstić information content (AvgIpc) is 2.71. The highest BCUT2D eigenvalue weighted by molar-refractivity contribution is 5.88. The summed E-state index contributed by atoms with van der Waals surface area (Å²) in [5.74, 6) is 0.0222. The minimum atomic E-state index is -0.431. The zero-order valence-electron chi connectivity index (χ0n) is 16.6. The van der Waals surface area contributed by atoms with Crippen LogP contribution >= 0.6 is 0 Å². The predicted molar refractivity (Wildman–Crippen MR) is 110 cm³/mol. The number of fused-ring (bicyclic) bond motifs is 1. The predicted octanol–water partition coefficient (Wildman–Crippen LogP) is 4.20. The number of halogens is 1. The molecule has 2 aliphatic rings. The van der Waals surface area contributed by atoms with Crippen molar-refractivity contribution in [3.8, 4) is 0 Å². The van der Waals surface area contributed by atoms with Gasteiger partial charge in [-0.05, 0) is 56.2 Å². The first kappa shape index (κ1) is 19.1. The highest BCUT2D eigenvalue weighted by Gasteiger charge is 2.39. The van der Waals surface area contributed by atoms with Crippen LogP contribution in [0.3, 0.4) is 0 Å². The Balaban J connectivity index is 1.35. The summed E-state index contributed by atoms with van der Waals surface area (Å²) in [5, 5.41) is 3.33. The molecule has 1 fully saturated rings. The van der Waals surface area contributed by atoms with E-state index in [1.165, 1.54) is 17.2 Å². The van der Waals surface area contributed by atoms with Crippen LogP contribution in [-0.4, -0.2) is 29.9 Å². The SMILES string of the molecule is CC1(C(=O)NC2CCN(Cc3ccccc3F)CC2)CCCc2ccccc21. The van der Waals surface area contributed by atoms with Crippen molar-refractivity contribution < 1.29 is 9.18 Å². The van der Waals surface area contributed by atoms with Crippen LogP contribution < -0.4 is 5.32 Å². The van der Waals surface area contributed by atoms with E-state index >= 15 is 0 Å². The van der Waals surface area contributed by atoms with Crippen molar-refractivity contribution in [2.24, 2.45) is 0 Å². The molecule has 0 bridgehead atoms. The number of rotatable bonds is 4. The van der Waals surface area contributed by atoms with Gasteiger partial charge < -0.3 is 5.32 Å². The minimum Gasteiger partial charge on any atom is -0.353 e. The fraction of sp³-hybridized carbons (Fsp3) is 0.458. The number of amides is 1. The van der Waals surface area contributed by atoms with E-state index in [0.717, 1.165) is 50.8 Å². The first-order valence-corrected chi connectivity index (χ1v) is 10.4. The molecule has 0 aromatic heterocycles. The van der Waals surface area contributed by atoms with Crippen LogP contribution in [0.4, 0.5) is 4.39 Å². The summed E-state index contributed by atoms with van der Waals surface area (Å²) in [4.78, 5) is 15.5. The summed E-state index contributed by atoms with van der Waals surface area (Å²) in [5.41, 5.74) is 2.82. The van der Waals surface area contributed by atoms with Crippen molar-refractivity contribution >= 4 is 5.91 Å². The number of carbonyl (C=O) groups excluding carboxylic acids is 1. The number of hydrogen-bond acceptors (Lipinski definition) is 2. The monoisotopic (exact) mass is 380 g/mol. The van der Waals surface area contributed by atoms with E-state index < -0.39 is 5.41 Å². The maximum absolute atomic E-state index is 13.9. The van der Waals surface area contributed by atoms with Gasteiger partial charge in [-0.1, -0.05) is 42.5 Å². The van der Waals surface area contributed by atoms with E-state index in [-0.39, 0.29) is 17.8 Å². The molecule has 0 radical (unpaired) electrons. The zero-order chi connectivity index (χ0) is 19.6. The second-order valence-electron chi connectivity index (χ2n) is 8.46. The standard InChI is InChI=1S/C24H29FN2O/c1-24(14-6-9-18-7-2-4-10-21(18)24)23(28)26-20-12-15-27(16-13-20)17-19-8-3-5-11-22(19)25/h2-5,7-8,10-11,20H,6,9,12-17H2,1H3,(H,26,28). The maximum Gasteiger partial charge on any atom is 0.230 e. The van der Waals surface area contributed by atoms with E-state index in [4.69, 9.17) is 0 Å². The Kier molecular flexibility index (Phi) is 5.49. The fourth-order valence-corrected chi connectivity index (χ4v) is 4.73. The van der Waals surface area contributed by atoms with Gasteiger partial charge in [0.2, 0.25) is 5.91 Å². The minimum absolute atomic E-state index is 0.137. The first-order valence-electron chi connectivity index (χ1n) is 10.4. The molecule has 2 aromatic carbocycles. The quantitative estimate of drug-likeness (QED) is 0.862. The van der Waals surface area contributed by atoms with Crippen LogP contribution in [0.15, 0.2) is 48.5 Å². The summed E-state index contributed by atoms with van der Waals surface area (Å²) >= 11 is 0. The third-order valence-corrected chi connectivity index (χ3v) is 6.51. The molecule has 1 heterocycles. The van der Waals surface area contributed by atoms with Gasteiger partial charge in [0, 0.05) is 31.2 Å². The topological polar surface area (TPSA) is 32.3 Å². The van der Waals surface area contributed by atoms with Crippen LogP contribution in [0.25, 0.3) is 0 Å². The number of piperidine rings is 1. The number of nitrogens with zero attached hydrogens (tertiary/aromatic N) is 1. The number of carbonyl (C=O) groups is 1. The molecule has 28 heavy (non-hydrogen) atoms. The lowest BCUT2D eigenvalue weighted by molar-refractivity contribution is -0.127. The number of aryl methyl sites for hydroxylation is 1. The van der Waals surface area contributed by atoms with Crippen molar-refractivity contribution in [3.63, 3.8) is 0 Å². The first-order chi connectivity index (χ1) is 13.6. The van der Waals surface area contributed by atoms with Crippen LogP contribution in [0.2, 0.25) is 0 Å². The number of likely N-dealkylation sites (tertiary alicyclic amines) is 1. The van der Waals surface area contributed by atoms with Crippen LogP contribution in [-0.2, 0) is 23.2 Å². The van der Waals surface area contributed by atoms with Crippen LogP contribution in [0.1, 0.15) is 49.3 Å². The molecule has 1 N–H and O–H groups in total. The van der Waals surface area contributed by atoms with Gasteiger partial charge in [-0.3, -0.25) is 9.69 Å². The largest absolute Gasteiger partial charge is 0.353 e. The molecule has 1 atom stereocenters. The second kappa shape index (κ2) is 8.04. The van der Waals surface area contributed by atoms with Crippen LogP contribution in [0, 0.1) is 5.82 Å². The lowest BCUT2D eigenvalue weighted by Crippen LogP contribution is -2.51. The fourth-order valence-electron chi connectivity index (χ4n) is 4.73. The lowest BCUT2D eigenvalue weighted by atomic mass is 9.70. The normalized spacial score (nSPS) is 23.2. The molecule has 0 spiro atoms. The Morgan fingerprint density at radius 1 is 1.14 bits per heavy atom. The molecule has 2 aromatic rings. The molecule has 1 unspecified atom stereocenters. The van der Waals surface area contributed by atoms with Crippen molar-refractivity contribution in [1.82, 2.24) is 10.2 Å². The third-order valence-electron chi connectivity index (χ3n) is 6.51. The molecular weight excluding hydrogens is 351 g/mol. The van der Waals surface area contributed by atoms with Crippen molar-refractivity contribution in [2.45, 2.75) is 57.0 Å². The highest BCUT2D eigenvalue weighted by atomic mass is 19.1. The lowest BCUT2D eigenvalue weighted by Gasteiger charge is -2.38. The van der Waals surface area contributed by atoms with Gasteiger partial charge >= 0.3 is 0 Å². The summed E-state index contributed by atoms with van der Waals surface area (Å²) in [6.07, 6.45) is 4.85. The Labute approximate surface area is 166 Å². The van der Waals surface area contributed by atoms with E-state index in [0.29, 0.717) is 6.54 Å². The molecule has 1 aliphatic heterocycles. The van der Waals surface area contributed by atoms with E-state index in [9.17, 15) is 9.18 Å². The molecule has 4 heteroatoms. The van der Waals surface area contributed by atoms with Gasteiger partial charge in [0.05, 0.1) is 5.41 Å². The molecule has 1 aliphatic carbocycles. The van der Waals surface area contributed by atoms with E-state index in [2.05, 4.69) is 35.3 Å². The molecule has 148 valence electrons. The van der Waals surface area contributed by atoms with E-state index in [1.54, 1.807) is 6.07 Å². The number of benzene rings is 2. The summed E-state index contributed by atoms with van der Waals surface area (Å²) in [7, 11) is 0. The molecular formula is C24H29FN2O. The third kappa shape index (κ3) is 3.83. The number of nitrogens with one attached hydrogen (secondary N) is 1. The van der Waals surface area contributed by atoms with Crippen molar-refractivity contribution in [1.29, 1.82) is 0 Å². The molecule has 4 rings (SSSR count). The van der Waals surface area contributed by atoms with Gasteiger partial charge in [0.1, 0.15) is 5.82 Å². The Hall–Kier alpha value is -2.20. The Bertz CT molecular complexity index is 844. The zero-order valence-corrected chi connectivity index (χ0v) is 16.6. The average molecular weight is 381 g/mol. The molecule has 1 saturated heterocycles. The summed E-state index contributed by atoms with van der Waals surface area (Å²) in [6.45, 7) is 4.49.